The summed E-state index contributed by atoms with van der Waals surface area (Å²) in [4.78, 5) is 20.3. The van der Waals surface area contributed by atoms with Crippen LogP contribution in [0.25, 0.3) is 11.5 Å². The SMILES string of the molecule is COc1ccc(-c2nc(CN3CCC[C@H](C(=O)N[C@@H]4CCCc5ccccc54)C3)c(C)o2)cc1. The van der Waals surface area contributed by atoms with Gasteiger partial charge in [0, 0.05) is 18.7 Å². The van der Waals surface area contributed by atoms with E-state index in [-0.39, 0.29) is 17.9 Å². The van der Waals surface area contributed by atoms with Gasteiger partial charge >= 0.3 is 0 Å². The lowest BCUT2D eigenvalue weighted by Gasteiger charge is -2.33. The van der Waals surface area contributed by atoms with Crippen molar-refractivity contribution in [1.29, 1.82) is 0 Å². The Balaban J connectivity index is 1.22. The molecule has 2 atom stereocenters. The van der Waals surface area contributed by atoms with Crippen LogP contribution in [0.4, 0.5) is 0 Å². The van der Waals surface area contributed by atoms with Gasteiger partial charge in [-0.3, -0.25) is 9.69 Å². The van der Waals surface area contributed by atoms with E-state index < -0.39 is 0 Å². The Morgan fingerprint density at radius 1 is 1.15 bits per heavy atom. The number of hydrogen-bond donors (Lipinski definition) is 1. The standard InChI is InChI=1S/C28H33N3O3/c1-19-26(30-28(34-19)21-12-14-23(33-2)15-13-21)18-31-16-6-9-22(17-31)27(32)29-25-11-5-8-20-7-3-4-10-24(20)25/h3-4,7,10,12-15,22,25H,5-6,8-9,11,16-18H2,1-2H3,(H,29,32)/t22-,25+/m0/s1. The number of rotatable bonds is 6. The van der Waals surface area contributed by atoms with Gasteiger partial charge in [0.1, 0.15) is 11.5 Å². The van der Waals surface area contributed by atoms with Crippen LogP contribution in [0.2, 0.25) is 0 Å². The van der Waals surface area contributed by atoms with Crippen LogP contribution in [-0.2, 0) is 17.8 Å². The predicted octanol–water partition coefficient (Wildman–Crippen LogP) is 5.06. The molecule has 0 radical (unpaired) electrons. The number of carbonyl (C=O) groups is 1. The molecule has 6 nitrogen and oxygen atoms in total. The lowest BCUT2D eigenvalue weighted by molar-refractivity contribution is -0.127. The normalized spacial score (nSPS) is 20.5. The van der Waals surface area contributed by atoms with Crippen LogP contribution in [0.3, 0.4) is 0 Å². The number of benzene rings is 2. The van der Waals surface area contributed by atoms with Gasteiger partial charge in [-0.1, -0.05) is 24.3 Å². The van der Waals surface area contributed by atoms with E-state index >= 15 is 0 Å². The minimum Gasteiger partial charge on any atom is -0.497 e. The molecule has 1 N–H and O–H groups in total. The summed E-state index contributed by atoms with van der Waals surface area (Å²) in [6.45, 7) is 4.39. The zero-order valence-corrected chi connectivity index (χ0v) is 20.0. The summed E-state index contributed by atoms with van der Waals surface area (Å²) in [6.07, 6.45) is 5.20. The van der Waals surface area contributed by atoms with Gasteiger partial charge in [0.05, 0.1) is 24.8 Å². The average molecular weight is 460 g/mol. The number of methoxy groups -OCH3 is 1. The number of nitrogens with zero attached hydrogens (tertiary/aromatic N) is 2. The van der Waals surface area contributed by atoms with Gasteiger partial charge in [-0.15, -0.1) is 0 Å². The monoisotopic (exact) mass is 459 g/mol. The molecule has 1 aliphatic heterocycles. The number of oxazole rings is 1. The minimum absolute atomic E-state index is 0.0103. The van der Waals surface area contributed by atoms with Gasteiger partial charge in [0.2, 0.25) is 11.8 Å². The lowest BCUT2D eigenvalue weighted by atomic mass is 9.87. The molecule has 1 amide bonds. The molecule has 1 saturated heterocycles. The van der Waals surface area contributed by atoms with E-state index in [0.29, 0.717) is 12.4 Å². The van der Waals surface area contributed by atoms with Crippen LogP contribution < -0.4 is 10.1 Å². The number of nitrogens with one attached hydrogen (secondary N) is 1. The molecule has 3 aromatic rings. The Bertz CT molecular complexity index is 1140. The van der Waals surface area contributed by atoms with Gasteiger partial charge in [-0.05, 0) is 81.0 Å². The number of hydrogen-bond acceptors (Lipinski definition) is 5. The number of fused-ring (bicyclic) bond motifs is 1. The van der Waals surface area contributed by atoms with E-state index in [9.17, 15) is 4.79 Å². The average Bonchev–Trinajstić information content (AvgIpc) is 3.24. The number of amides is 1. The quantitative estimate of drug-likeness (QED) is 0.558. The maximum atomic E-state index is 13.2. The molecule has 6 heteroatoms. The largest absolute Gasteiger partial charge is 0.497 e. The summed E-state index contributed by atoms with van der Waals surface area (Å²) in [7, 11) is 1.66. The first kappa shape index (κ1) is 22.7. The number of carbonyl (C=O) groups excluding carboxylic acids is 1. The maximum absolute atomic E-state index is 13.2. The van der Waals surface area contributed by atoms with E-state index in [1.54, 1.807) is 7.11 Å². The highest BCUT2D eigenvalue weighted by Crippen LogP contribution is 2.31. The van der Waals surface area contributed by atoms with Crippen molar-refractivity contribution in [3.05, 3.63) is 71.1 Å². The van der Waals surface area contributed by atoms with Crippen LogP contribution in [0, 0.1) is 12.8 Å². The van der Waals surface area contributed by atoms with Crippen molar-refractivity contribution in [1.82, 2.24) is 15.2 Å². The molecular formula is C28H33N3O3. The van der Waals surface area contributed by atoms with E-state index in [1.165, 1.54) is 11.1 Å². The number of aromatic nitrogens is 1. The predicted molar refractivity (Wildman–Crippen MR) is 131 cm³/mol. The molecule has 0 spiro atoms. The van der Waals surface area contributed by atoms with Crippen molar-refractivity contribution in [2.75, 3.05) is 20.2 Å². The Labute approximate surface area is 201 Å². The molecule has 1 aliphatic carbocycles. The third-order valence-electron chi connectivity index (χ3n) is 7.17. The minimum atomic E-state index is 0.0103. The fourth-order valence-electron chi connectivity index (χ4n) is 5.25. The third kappa shape index (κ3) is 4.87. The smallest absolute Gasteiger partial charge is 0.226 e. The molecule has 0 unspecified atom stereocenters. The number of ether oxygens (including phenoxy) is 1. The first-order valence-corrected chi connectivity index (χ1v) is 12.3. The lowest BCUT2D eigenvalue weighted by Crippen LogP contribution is -2.44. The van der Waals surface area contributed by atoms with E-state index in [0.717, 1.165) is 68.0 Å². The van der Waals surface area contributed by atoms with Crippen molar-refractivity contribution < 1.29 is 13.9 Å². The summed E-state index contributed by atoms with van der Waals surface area (Å²) in [5.74, 6) is 2.45. The number of aryl methyl sites for hydroxylation is 2. The molecule has 2 heterocycles. The second kappa shape index (κ2) is 10.0. The van der Waals surface area contributed by atoms with Crippen molar-refractivity contribution in [2.24, 2.45) is 5.92 Å². The van der Waals surface area contributed by atoms with Crippen molar-refractivity contribution in [3.63, 3.8) is 0 Å². The first-order valence-electron chi connectivity index (χ1n) is 12.3. The zero-order chi connectivity index (χ0) is 23.5. The van der Waals surface area contributed by atoms with Crippen molar-refractivity contribution >= 4 is 5.91 Å². The molecular weight excluding hydrogens is 426 g/mol. The summed E-state index contributed by atoms with van der Waals surface area (Å²) >= 11 is 0. The first-order chi connectivity index (χ1) is 16.6. The molecule has 0 saturated carbocycles. The molecule has 2 aromatic carbocycles. The topological polar surface area (TPSA) is 67.6 Å². The summed E-state index contributed by atoms with van der Waals surface area (Å²) in [6, 6.07) is 16.4. The van der Waals surface area contributed by atoms with Gasteiger partial charge in [-0.25, -0.2) is 4.98 Å². The van der Waals surface area contributed by atoms with Crippen molar-refractivity contribution in [3.8, 4) is 17.2 Å². The summed E-state index contributed by atoms with van der Waals surface area (Å²) < 4.78 is 11.2. The van der Waals surface area contributed by atoms with Gasteiger partial charge in [-0.2, -0.15) is 0 Å². The van der Waals surface area contributed by atoms with Gasteiger partial charge in [0.15, 0.2) is 0 Å². The van der Waals surface area contributed by atoms with Crippen LogP contribution in [-0.4, -0.2) is 36.0 Å². The summed E-state index contributed by atoms with van der Waals surface area (Å²) in [5.41, 5.74) is 4.53. The molecule has 1 fully saturated rings. The van der Waals surface area contributed by atoms with E-state index in [1.807, 2.05) is 31.2 Å². The number of likely N-dealkylation sites (tertiary alicyclic amines) is 1. The molecule has 34 heavy (non-hydrogen) atoms. The van der Waals surface area contributed by atoms with Crippen molar-refractivity contribution in [2.45, 2.75) is 51.6 Å². The van der Waals surface area contributed by atoms with Crippen LogP contribution in [0.1, 0.15) is 54.3 Å². The highest BCUT2D eigenvalue weighted by atomic mass is 16.5. The van der Waals surface area contributed by atoms with Crippen LogP contribution >= 0.6 is 0 Å². The Kier molecular flexibility index (Phi) is 6.68. The fourth-order valence-corrected chi connectivity index (χ4v) is 5.25. The van der Waals surface area contributed by atoms with Crippen LogP contribution in [0.5, 0.6) is 5.75 Å². The van der Waals surface area contributed by atoms with Gasteiger partial charge < -0.3 is 14.5 Å². The molecule has 1 aromatic heterocycles. The number of piperidine rings is 1. The molecule has 0 bridgehead atoms. The van der Waals surface area contributed by atoms with Gasteiger partial charge in [0.25, 0.3) is 0 Å². The fraction of sp³-hybridized carbons (Fsp3) is 0.429. The van der Waals surface area contributed by atoms with Crippen LogP contribution in [0.15, 0.2) is 52.9 Å². The summed E-state index contributed by atoms with van der Waals surface area (Å²) in [5, 5.41) is 3.37. The Morgan fingerprint density at radius 2 is 1.97 bits per heavy atom. The third-order valence-corrected chi connectivity index (χ3v) is 7.17. The molecule has 2 aliphatic rings. The Morgan fingerprint density at radius 3 is 2.79 bits per heavy atom. The highest BCUT2D eigenvalue weighted by Gasteiger charge is 2.29. The maximum Gasteiger partial charge on any atom is 0.226 e. The molecule has 5 rings (SSSR count). The Hall–Kier alpha value is -3.12. The zero-order valence-electron chi connectivity index (χ0n) is 20.0. The highest BCUT2D eigenvalue weighted by molar-refractivity contribution is 5.79. The second-order valence-corrected chi connectivity index (χ2v) is 9.48. The van der Waals surface area contributed by atoms with E-state index in [4.69, 9.17) is 14.1 Å². The van der Waals surface area contributed by atoms with E-state index in [2.05, 4.69) is 34.5 Å². The second-order valence-electron chi connectivity index (χ2n) is 9.48. The molecule has 178 valence electrons.